The van der Waals surface area contributed by atoms with Gasteiger partial charge in [-0.25, -0.2) is 0 Å². The molecule has 0 saturated heterocycles. The Bertz CT molecular complexity index is 384. The summed E-state index contributed by atoms with van der Waals surface area (Å²) in [5, 5.41) is 10.6. The number of carbonyl (C=O) groups excluding carboxylic acids is 1. The van der Waals surface area contributed by atoms with Crippen molar-refractivity contribution in [3.05, 3.63) is 12.2 Å². The molecule has 0 aromatic heterocycles. The van der Waals surface area contributed by atoms with E-state index in [9.17, 15) is 9.90 Å². The number of rotatable bonds is 0. The van der Waals surface area contributed by atoms with Gasteiger partial charge in [0.25, 0.3) is 0 Å². The van der Waals surface area contributed by atoms with Gasteiger partial charge in [-0.3, -0.25) is 4.79 Å². The van der Waals surface area contributed by atoms with E-state index in [0.717, 1.165) is 19.3 Å². The van der Waals surface area contributed by atoms with Gasteiger partial charge in [0.2, 0.25) is 0 Å². The summed E-state index contributed by atoms with van der Waals surface area (Å²) in [5.41, 5.74) is -0.977. The number of aliphatic hydroxyl groups is 1. The molecule has 0 aromatic carbocycles. The Labute approximate surface area is 144 Å². The SMILES string of the molecule is C[C@H]1C(=O)CC[C@@]2(C)CCC=C[C@@]12O.[V]=[S](I)I. The molecule has 2 aliphatic rings. The molecule has 0 aromatic rings. The maximum absolute atomic E-state index is 11.6. The number of hydrogen-bond acceptors (Lipinski definition) is 2. The zero-order chi connectivity index (χ0) is 14.0. The van der Waals surface area contributed by atoms with Gasteiger partial charge in [-0.2, -0.15) is 0 Å². The number of Topliss-reactive ketones (excluding diaryl/α,β-unsaturated/α-hetero) is 1. The van der Waals surface area contributed by atoms with Crippen molar-refractivity contribution in [3.63, 3.8) is 0 Å². The van der Waals surface area contributed by atoms with Crippen molar-refractivity contribution in [2.45, 2.75) is 45.1 Å². The first-order valence-corrected chi connectivity index (χ1v) is 13.9. The first kappa shape index (κ1) is 17.8. The quantitative estimate of drug-likeness (QED) is 0.370. The van der Waals surface area contributed by atoms with Crippen LogP contribution < -0.4 is 0 Å². The molecule has 2 rings (SSSR count). The zero-order valence-corrected chi connectivity index (χ0v) is 17.1. The van der Waals surface area contributed by atoms with E-state index >= 15 is 0 Å². The monoisotopic (exact) mass is 531 g/mol. The maximum atomic E-state index is 11.6. The van der Waals surface area contributed by atoms with Crippen LogP contribution in [0.4, 0.5) is 0 Å². The van der Waals surface area contributed by atoms with Gasteiger partial charge in [-0.1, -0.05) is 26.0 Å². The summed E-state index contributed by atoms with van der Waals surface area (Å²) in [4.78, 5) is 11.6. The molecular formula is C12H18I2O2SV. The van der Waals surface area contributed by atoms with Crippen molar-refractivity contribution in [3.8, 4) is 0 Å². The van der Waals surface area contributed by atoms with E-state index in [4.69, 9.17) is 0 Å². The first-order chi connectivity index (χ1) is 8.23. The van der Waals surface area contributed by atoms with Crippen LogP contribution in [-0.4, -0.2) is 16.5 Å². The van der Waals surface area contributed by atoms with E-state index in [1.807, 2.05) is 19.1 Å². The minimum absolute atomic E-state index is 0.0882. The second-order valence-electron chi connectivity index (χ2n) is 5.21. The Morgan fingerprint density at radius 2 is 2.06 bits per heavy atom. The van der Waals surface area contributed by atoms with Crippen molar-refractivity contribution < 1.29 is 25.6 Å². The van der Waals surface area contributed by atoms with Gasteiger partial charge in [-0.05, 0) is 19.3 Å². The fraction of sp³-hybridized carbons (Fsp3) is 0.750. The summed E-state index contributed by atoms with van der Waals surface area (Å²) >= 11 is 7.20. The van der Waals surface area contributed by atoms with Crippen LogP contribution in [0.2, 0.25) is 0 Å². The average molecular weight is 531 g/mol. The summed E-state index contributed by atoms with van der Waals surface area (Å²) in [5.74, 6) is -0.0330. The Balaban J connectivity index is 0.000000357. The van der Waals surface area contributed by atoms with Crippen LogP contribution >= 0.6 is 45.3 Å². The van der Waals surface area contributed by atoms with Crippen molar-refractivity contribution in [2.24, 2.45) is 11.3 Å². The van der Waals surface area contributed by atoms with Gasteiger partial charge in [0.1, 0.15) is 5.78 Å². The van der Waals surface area contributed by atoms with Gasteiger partial charge < -0.3 is 5.11 Å². The predicted molar refractivity (Wildman–Crippen MR) is 90.5 cm³/mol. The summed E-state index contributed by atoms with van der Waals surface area (Å²) in [6.45, 7) is 3.97. The molecule has 103 valence electrons. The van der Waals surface area contributed by atoms with Gasteiger partial charge in [0.05, 0.1) is 5.60 Å². The molecule has 0 amide bonds. The Morgan fingerprint density at radius 3 is 2.61 bits per heavy atom. The van der Waals surface area contributed by atoms with Crippen molar-refractivity contribution in [1.82, 2.24) is 0 Å². The number of carbonyl (C=O) groups is 1. The Morgan fingerprint density at radius 1 is 1.50 bits per heavy atom. The molecule has 0 heterocycles. The van der Waals surface area contributed by atoms with Gasteiger partial charge in [-0.15, -0.1) is 0 Å². The molecule has 1 N–H and O–H groups in total. The van der Waals surface area contributed by atoms with Crippen molar-refractivity contribution in [1.29, 1.82) is 0 Å². The third-order valence-electron chi connectivity index (χ3n) is 4.27. The molecule has 3 atom stereocenters. The summed E-state index contributed by atoms with van der Waals surface area (Å²) in [6, 6.07) is 0. The molecule has 18 heavy (non-hydrogen) atoms. The molecule has 0 unspecified atom stereocenters. The molecule has 0 aliphatic heterocycles. The van der Waals surface area contributed by atoms with Crippen LogP contribution in [0.5, 0.6) is 0 Å². The molecule has 1 saturated carbocycles. The van der Waals surface area contributed by atoms with E-state index in [2.05, 4.69) is 65.1 Å². The molecule has 1 fully saturated rings. The molecule has 6 heteroatoms. The van der Waals surface area contributed by atoms with Crippen LogP contribution in [0, 0.1) is 11.3 Å². The van der Waals surface area contributed by atoms with Gasteiger partial charge >= 0.3 is 61.0 Å². The fourth-order valence-corrected chi connectivity index (χ4v) is 2.92. The van der Waals surface area contributed by atoms with Gasteiger partial charge in [0, 0.05) is 17.8 Å². The molecule has 2 nitrogen and oxygen atoms in total. The van der Waals surface area contributed by atoms with E-state index in [1.165, 1.54) is 0 Å². The van der Waals surface area contributed by atoms with E-state index in [1.54, 1.807) is 0 Å². The van der Waals surface area contributed by atoms with E-state index < -0.39 is 5.60 Å². The zero-order valence-electron chi connectivity index (χ0n) is 10.5. The van der Waals surface area contributed by atoms with Crippen LogP contribution in [0.3, 0.4) is 0 Å². The van der Waals surface area contributed by atoms with Crippen LogP contribution in [0.15, 0.2) is 12.2 Å². The van der Waals surface area contributed by atoms with E-state index in [-0.39, 0.29) is 17.1 Å². The summed E-state index contributed by atoms with van der Waals surface area (Å²) in [7, 11) is 0. The molecule has 0 spiro atoms. The second-order valence-corrected chi connectivity index (χ2v) is 24.3. The van der Waals surface area contributed by atoms with Crippen LogP contribution in [0.25, 0.3) is 0 Å². The molecule has 0 bridgehead atoms. The Kier molecular flexibility index (Phi) is 7.08. The Hall–Kier alpha value is 1.76. The van der Waals surface area contributed by atoms with Crippen LogP contribution in [-0.2, 0) is 20.5 Å². The molecule has 0 radical (unpaired) electrons. The average Bonchev–Trinajstić information content (AvgIpc) is 2.27. The summed E-state index contributed by atoms with van der Waals surface area (Å²) in [6.07, 6.45) is 7.36. The standard InChI is InChI=1S/C12H18O2.I2S.V/c1-9-10(13)5-8-11(2)6-3-4-7-12(9,11)14;1-3-2;/h4,7,9,14H,3,5-6,8H2,1-2H3;;/t9-,11+,12+;;/m0../s1. The molecule has 2 aliphatic carbocycles. The number of fused-ring (bicyclic) bond motifs is 1. The van der Waals surface area contributed by atoms with E-state index in [0.29, 0.717) is 9.31 Å². The third kappa shape index (κ3) is 3.90. The number of allylic oxidation sites excluding steroid dienone is 1. The number of ketones is 1. The second kappa shape index (κ2) is 7.16. The minimum atomic E-state index is -0.888. The summed E-state index contributed by atoms with van der Waals surface area (Å²) < 4.78 is 0.516. The fourth-order valence-electron chi connectivity index (χ4n) is 2.92. The van der Waals surface area contributed by atoms with Crippen molar-refractivity contribution >= 4 is 51.1 Å². The predicted octanol–water partition coefficient (Wildman–Crippen LogP) is 4.49. The normalized spacial score (nSPS) is 38.9. The van der Waals surface area contributed by atoms with Crippen LogP contribution in [0.1, 0.15) is 39.5 Å². The molecular weight excluding hydrogens is 513 g/mol. The number of hydrogen-bond donors (Lipinski definition) is 1. The first-order valence-electron chi connectivity index (χ1n) is 5.91. The topological polar surface area (TPSA) is 37.3 Å². The number of halogens is 2. The third-order valence-corrected chi connectivity index (χ3v) is 4.27. The van der Waals surface area contributed by atoms with Gasteiger partial charge in [0.15, 0.2) is 0 Å². The van der Waals surface area contributed by atoms with Crippen molar-refractivity contribution in [2.75, 3.05) is 0 Å².